The normalized spacial score (nSPS) is 16.5. The smallest absolute Gasteiger partial charge is 0.221 e. The zero-order valence-corrected chi connectivity index (χ0v) is 9.67. The van der Waals surface area contributed by atoms with Gasteiger partial charge < -0.3 is 11.1 Å². The molecule has 0 unspecified atom stereocenters. The zero-order chi connectivity index (χ0) is 11.1. The van der Waals surface area contributed by atoms with Crippen LogP contribution in [0.1, 0.15) is 32.6 Å². The summed E-state index contributed by atoms with van der Waals surface area (Å²) in [6.07, 6.45) is 4.47. The second-order valence-electron chi connectivity index (χ2n) is 4.11. The predicted molar refractivity (Wildman–Crippen MR) is 61.6 cm³/mol. The van der Waals surface area contributed by atoms with Gasteiger partial charge in [0, 0.05) is 38.6 Å². The Kier molecular flexibility index (Phi) is 5.65. The SMILES string of the molecule is CCNC(=O)CCN(CCN)C1CCC1. The minimum atomic E-state index is 0.152. The van der Waals surface area contributed by atoms with Crippen molar-refractivity contribution in [1.29, 1.82) is 0 Å². The van der Waals surface area contributed by atoms with Crippen LogP contribution in [0.4, 0.5) is 0 Å². The van der Waals surface area contributed by atoms with Crippen molar-refractivity contribution in [2.24, 2.45) is 5.73 Å². The van der Waals surface area contributed by atoms with Crippen molar-refractivity contribution in [3.8, 4) is 0 Å². The molecule has 1 fully saturated rings. The summed E-state index contributed by atoms with van der Waals surface area (Å²) in [5.41, 5.74) is 5.57. The fourth-order valence-electron chi connectivity index (χ4n) is 1.93. The second-order valence-corrected chi connectivity index (χ2v) is 4.11. The number of carbonyl (C=O) groups is 1. The quantitative estimate of drug-likeness (QED) is 0.640. The van der Waals surface area contributed by atoms with E-state index in [2.05, 4.69) is 10.2 Å². The number of hydrogen-bond acceptors (Lipinski definition) is 3. The Morgan fingerprint density at radius 1 is 1.47 bits per heavy atom. The Hall–Kier alpha value is -0.610. The van der Waals surface area contributed by atoms with E-state index in [1.807, 2.05) is 6.92 Å². The van der Waals surface area contributed by atoms with Gasteiger partial charge in [0.05, 0.1) is 0 Å². The Morgan fingerprint density at radius 2 is 2.20 bits per heavy atom. The third kappa shape index (κ3) is 4.18. The van der Waals surface area contributed by atoms with Gasteiger partial charge in [0.25, 0.3) is 0 Å². The van der Waals surface area contributed by atoms with Gasteiger partial charge in [-0.1, -0.05) is 6.42 Å². The molecule has 1 aliphatic rings. The van der Waals surface area contributed by atoms with Crippen LogP contribution in [0.2, 0.25) is 0 Å². The molecule has 1 saturated carbocycles. The topological polar surface area (TPSA) is 58.4 Å². The lowest BCUT2D eigenvalue weighted by atomic mass is 9.91. The fraction of sp³-hybridized carbons (Fsp3) is 0.909. The van der Waals surface area contributed by atoms with Crippen LogP contribution in [0.25, 0.3) is 0 Å². The first kappa shape index (κ1) is 12.5. The zero-order valence-electron chi connectivity index (χ0n) is 9.67. The lowest BCUT2D eigenvalue weighted by Gasteiger charge is -2.37. The van der Waals surface area contributed by atoms with Gasteiger partial charge in [-0.25, -0.2) is 0 Å². The molecular formula is C11H23N3O. The molecule has 0 heterocycles. The van der Waals surface area contributed by atoms with Gasteiger partial charge in [-0.3, -0.25) is 9.69 Å². The first-order chi connectivity index (χ1) is 7.27. The van der Waals surface area contributed by atoms with Gasteiger partial charge >= 0.3 is 0 Å². The van der Waals surface area contributed by atoms with Gasteiger partial charge in [-0.15, -0.1) is 0 Å². The van der Waals surface area contributed by atoms with Crippen molar-refractivity contribution in [3.63, 3.8) is 0 Å². The number of carbonyl (C=O) groups excluding carboxylic acids is 1. The predicted octanol–water partition coefficient (Wildman–Crippen LogP) is 0.326. The van der Waals surface area contributed by atoms with E-state index in [0.717, 1.165) is 19.6 Å². The molecule has 0 atom stereocenters. The second kappa shape index (κ2) is 6.80. The highest BCUT2D eigenvalue weighted by molar-refractivity contribution is 5.75. The first-order valence-electron chi connectivity index (χ1n) is 5.98. The van der Waals surface area contributed by atoms with Crippen LogP contribution in [-0.2, 0) is 4.79 Å². The molecule has 15 heavy (non-hydrogen) atoms. The summed E-state index contributed by atoms with van der Waals surface area (Å²) >= 11 is 0. The van der Waals surface area contributed by atoms with Gasteiger partial charge in [-0.05, 0) is 19.8 Å². The number of nitrogens with zero attached hydrogens (tertiary/aromatic N) is 1. The molecule has 1 aliphatic carbocycles. The summed E-state index contributed by atoms with van der Waals surface area (Å²) in [6.45, 7) is 5.13. The Bertz CT molecular complexity index is 192. The van der Waals surface area contributed by atoms with E-state index in [4.69, 9.17) is 5.73 Å². The summed E-state index contributed by atoms with van der Waals surface area (Å²) in [4.78, 5) is 13.7. The minimum Gasteiger partial charge on any atom is -0.356 e. The number of rotatable bonds is 7. The van der Waals surface area contributed by atoms with E-state index in [1.54, 1.807) is 0 Å². The molecule has 1 amide bonds. The van der Waals surface area contributed by atoms with Crippen LogP contribution in [0.3, 0.4) is 0 Å². The molecule has 0 bridgehead atoms. The third-order valence-electron chi connectivity index (χ3n) is 3.01. The number of amides is 1. The maximum absolute atomic E-state index is 11.3. The average Bonchev–Trinajstić information content (AvgIpc) is 2.12. The molecule has 0 spiro atoms. The first-order valence-corrected chi connectivity index (χ1v) is 5.98. The maximum Gasteiger partial charge on any atom is 0.221 e. The van der Waals surface area contributed by atoms with Crippen LogP contribution in [0, 0.1) is 0 Å². The molecule has 0 aromatic carbocycles. The van der Waals surface area contributed by atoms with Crippen molar-refractivity contribution < 1.29 is 4.79 Å². The van der Waals surface area contributed by atoms with Crippen LogP contribution in [0.15, 0.2) is 0 Å². The largest absolute Gasteiger partial charge is 0.356 e. The highest BCUT2D eigenvalue weighted by Gasteiger charge is 2.24. The molecule has 0 aromatic heterocycles. The standard InChI is InChI=1S/C11H23N3O/c1-2-13-11(15)6-8-14(9-7-12)10-4-3-5-10/h10H,2-9,12H2,1H3,(H,13,15). The Balaban J connectivity index is 2.21. The number of nitrogens with one attached hydrogen (secondary N) is 1. The molecule has 4 heteroatoms. The van der Waals surface area contributed by atoms with Gasteiger partial charge in [0.2, 0.25) is 5.91 Å². The van der Waals surface area contributed by atoms with Crippen LogP contribution in [-0.4, -0.2) is 43.0 Å². The van der Waals surface area contributed by atoms with Crippen LogP contribution in [0.5, 0.6) is 0 Å². The lowest BCUT2D eigenvalue weighted by Crippen LogP contribution is -2.44. The molecule has 1 rings (SSSR count). The molecule has 0 aliphatic heterocycles. The van der Waals surface area contributed by atoms with Gasteiger partial charge in [0.1, 0.15) is 0 Å². The van der Waals surface area contributed by atoms with Crippen molar-refractivity contribution in [3.05, 3.63) is 0 Å². The van der Waals surface area contributed by atoms with Gasteiger partial charge in [-0.2, -0.15) is 0 Å². The Morgan fingerprint density at radius 3 is 2.67 bits per heavy atom. The summed E-state index contributed by atoms with van der Waals surface area (Å²) in [5.74, 6) is 0.152. The highest BCUT2D eigenvalue weighted by atomic mass is 16.1. The van der Waals surface area contributed by atoms with Crippen molar-refractivity contribution in [1.82, 2.24) is 10.2 Å². The van der Waals surface area contributed by atoms with Crippen molar-refractivity contribution in [2.75, 3.05) is 26.2 Å². The van der Waals surface area contributed by atoms with Crippen molar-refractivity contribution in [2.45, 2.75) is 38.6 Å². The van der Waals surface area contributed by atoms with E-state index in [0.29, 0.717) is 19.0 Å². The van der Waals surface area contributed by atoms with E-state index in [-0.39, 0.29) is 5.91 Å². The van der Waals surface area contributed by atoms with Crippen LogP contribution >= 0.6 is 0 Å². The summed E-state index contributed by atoms with van der Waals surface area (Å²) in [7, 11) is 0. The van der Waals surface area contributed by atoms with Gasteiger partial charge in [0.15, 0.2) is 0 Å². The average molecular weight is 213 g/mol. The molecule has 88 valence electrons. The summed E-state index contributed by atoms with van der Waals surface area (Å²) in [5, 5.41) is 2.82. The monoisotopic (exact) mass is 213 g/mol. The maximum atomic E-state index is 11.3. The highest BCUT2D eigenvalue weighted by Crippen LogP contribution is 2.24. The molecule has 3 N–H and O–H groups in total. The molecular weight excluding hydrogens is 190 g/mol. The molecule has 0 saturated heterocycles. The minimum absolute atomic E-state index is 0.152. The van der Waals surface area contributed by atoms with E-state index < -0.39 is 0 Å². The lowest BCUT2D eigenvalue weighted by molar-refractivity contribution is -0.121. The third-order valence-corrected chi connectivity index (χ3v) is 3.01. The van der Waals surface area contributed by atoms with E-state index in [1.165, 1.54) is 19.3 Å². The number of hydrogen-bond donors (Lipinski definition) is 2. The fourth-order valence-corrected chi connectivity index (χ4v) is 1.93. The number of nitrogens with two attached hydrogens (primary N) is 1. The summed E-state index contributed by atoms with van der Waals surface area (Å²) < 4.78 is 0. The molecule has 0 radical (unpaired) electrons. The van der Waals surface area contributed by atoms with Crippen LogP contribution < -0.4 is 11.1 Å². The van der Waals surface area contributed by atoms with E-state index >= 15 is 0 Å². The molecule has 4 nitrogen and oxygen atoms in total. The summed E-state index contributed by atoms with van der Waals surface area (Å²) in [6, 6.07) is 0.683. The van der Waals surface area contributed by atoms with Crippen molar-refractivity contribution >= 4 is 5.91 Å². The van der Waals surface area contributed by atoms with E-state index in [9.17, 15) is 4.79 Å². The Labute approximate surface area is 92.2 Å². The molecule has 0 aromatic rings.